The van der Waals surface area contributed by atoms with Crippen molar-refractivity contribution in [2.24, 2.45) is 45.8 Å². The highest BCUT2D eigenvalue weighted by atomic mass is 16.5. The Balaban J connectivity index is 1.69. The Morgan fingerprint density at radius 1 is 1.18 bits per heavy atom. The first-order valence-corrected chi connectivity index (χ1v) is 15.6. The molecule has 0 radical (unpaired) electrons. The fraction of sp³-hybridized carbons (Fsp3) is 0.848. The molecule has 7 nitrogen and oxygen atoms in total. The van der Waals surface area contributed by atoms with E-state index in [0.717, 1.165) is 32.1 Å². The number of esters is 1. The lowest BCUT2D eigenvalue weighted by Crippen LogP contribution is -2.55. The van der Waals surface area contributed by atoms with Crippen molar-refractivity contribution in [3.8, 4) is 0 Å². The van der Waals surface area contributed by atoms with E-state index in [1.54, 1.807) is 0 Å². The number of ketones is 1. The molecule has 0 heterocycles. The molecule has 3 fully saturated rings. The van der Waals surface area contributed by atoms with E-state index < -0.39 is 5.41 Å². The van der Waals surface area contributed by atoms with Crippen LogP contribution in [-0.4, -0.2) is 66.6 Å². The van der Waals surface area contributed by atoms with Gasteiger partial charge in [0.1, 0.15) is 11.9 Å². The van der Waals surface area contributed by atoms with Crippen LogP contribution in [0.1, 0.15) is 93.4 Å². The lowest BCUT2D eigenvalue weighted by Gasteiger charge is -2.55. The average molecular weight is 559 g/mol. The highest BCUT2D eigenvalue weighted by molar-refractivity contribution is 5.84. The Morgan fingerprint density at radius 3 is 2.42 bits per heavy atom. The van der Waals surface area contributed by atoms with Crippen LogP contribution in [0.3, 0.4) is 0 Å². The number of rotatable bonds is 7. The van der Waals surface area contributed by atoms with Gasteiger partial charge in [-0.15, -0.1) is 0 Å². The number of nitrogens with zero attached hydrogens (tertiary/aromatic N) is 1. The number of Topliss-reactive ketones (excluding diaryl/α,β-unsaturated/α-hetero) is 1. The van der Waals surface area contributed by atoms with Crippen LogP contribution in [0.5, 0.6) is 0 Å². The topological polar surface area (TPSA) is 95.9 Å². The van der Waals surface area contributed by atoms with Crippen LogP contribution in [0.25, 0.3) is 0 Å². The first kappa shape index (κ1) is 31.2. The molecule has 4 aliphatic rings. The van der Waals surface area contributed by atoms with Gasteiger partial charge in [0.05, 0.1) is 6.61 Å². The fourth-order valence-corrected chi connectivity index (χ4v) is 9.52. The minimum absolute atomic E-state index is 0.00429. The van der Waals surface area contributed by atoms with Crippen LogP contribution < -0.4 is 5.32 Å². The molecule has 0 unspecified atom stereocenters. The summed E-state index contributed by atoms with van der Waals surface area (Å²) in [6.45, 7) is 14.4. The molecule has 0 aromatic carbocycles. The number of ether oxygens (including phenoxy) is 1. The average Bonchev–Trinajstić information content (AvgIpc) is 3.00. The third-order valence-electron chi connectivity index (χ3n) is 12.6. The van der Waals surface area contributed by atoms with Crippen LogP contribution >= 0.6 is 0 Å². The van der Waals surface area contributed by atoms with Crippen molar-refractivity contribution in [3.05, 3.63) is 11.6 Å². The molecule has 0 spiro atoms. The number of hydrogen-bond acceptors (Lipinski definition) is 6. The largest absolute Gasteiger partial charge is 0.462 e. The standard InChI is InChI=1S/C33H54N2O5/c1-10-19(2)30(39)34-28-14-11-22-15-23-25(13-12-24(22)31(28,5)18-36)32(6)17-27(40-21(4)37)29(20(3)35(8)9)33(32,7)16-26(23)38/h11,19-20,23-25,27-29,36H,10,12-18H2,1-9H3,(H,34,39)/t19-,20-,23+,24+,25+,27+,28-,29-,31-,32-,33+/m0/s1. The molecule has 0 saturated heterocycles. The second-order valence-electron chi connectivity index (χ2n) is 14.7. The second kappa shape index (κ2) is 11.2. The summed E-state index contributed by atoms with van der Waals surface area (Å²) in [4.78, 5) is 41.4. The first-order valence-electron chi connectivity index (χ1n) is 15.6. The van der Waals surface area contributed by atoms with Gasteiger partial charge in [-0.25, -0.2) is 0 Å². The number of aliphatic hydroxyl groups excluding tert-OH is 1. The van der Waals surface area contributed by atoms with Gasteiger partial charge in [0, 0.05) is 48.6 Å². The predicted octanol–water partition coefficient (Wildman–Crippen LogP) is 4.77. The molecule has 2 N–H and O–H groups in total. The summed E-state index contributed by atoms with van der Waals surface area (Å²) in [5.41, 5.74) is 0.359. The maximum atomic E-state index is 14.1. The smallest absolute Gasteiger partial charge is 0.302 e. The van der Waals surface area contributed by atoms with E-state index in [0.29, 0.717) is 18.6 Å². The summed E-state index contributed by atoms with van der Waals surface area (Å²) in [5.74, 6) is 0.366. The monoisotopic (exact) mass is 558 g/mol. The van der Waals surface area contributed by atoms with Crippen molar-refractivity contribution in [1.29, 1.82) is 0 Å². The first-order chi connectivity index (χ1) is 18.6. The number of hydrogen-bond donors (Lipinski definition) is 2. The number of carbonyl (C=O) groups excluding carboxylic acids is 3. The highest BCUT2D eigenvalue weighted by Crippen LogP contribution is 2.69. The van der Waals surface area contributed by atoms with Gasteiger partial charge in [-0.1, -0.05) is 46.3 Å². The van der Waals surface area contributed by atoms with E-state index in [9.17, 15) is 19.5 Å². The molecule has 0 aromatic rings. The lowest BCUT2D eigenvalue weighted by atomic mass is 9.48. The molecular formula is C33H54N2O5. The molecule has 0 bridgehead atoms. The normalized spacial score (nSPS) is 42.6. The van der Waals surface area contributed by atoms with E-state index in [1.165, 1.54) is 12.5 Å². The number of aliphatic hydroxyl groups is 1. The van der Waals surface area contributed by atoms with Gasteiger partial charge in [-0.05, 0) is 82.2 Å². The van der Waals surface area contributed by atoms with Gasteiger partial charge in [0.25, 0.3) is 0 Å². The van der Waals surface area contributed by atoms with Gasteiger partial charge < -0.3 is 20.1 Å². The second-order valence-corrected chi connectivity index (χ2v) is 14.7. The van der Waals surface area contributed by atoms with Crippen molar-refractivity contribution in [2.45, 2.75) is 112 Å². The summed E-state index contributed by atoms with van der Waals surface area (Å²) in [7, 11) is 4.13. The summed E-state index contributed by atoms with van der Waals surface area (Å²) >= 11 is 0. The fourth-order valence-electron chi connectivity index (χ4n) is 9.52. The third-order valence-corrected chi connectivity index (χ3v) is 12.6. The van der Waals surface area contributed by atoms with Gasteiger partial charge in [0.2, 0.25) is 5.91 Å². The van der Waals surface area contributed by atoms with E-state index >= 15 is 0 Å². The minimum atomic E-state index is -0.480. The number of allylic oxidation sites excluding steroid dienone is 1. The number of amides is 1. The Bertz CT molecular complexity index is 1040. The lowest BCUT2D eigenvalue weighted by molar-refractivity contribution is -0.152. The van der Waals surface area contributed by atoms with Crippen molar-refractivity contribution in [2.75, 3.05) is 20.7 Å². The molecule has 7 heteroatoms. The molecule has 4 aliphatic carbocycles. The van der Waals surface area contributed by atoms with Crippen molar-refractivity contribution in [1.82, 2.24) is 10.2 Å². The molecular weight excluding hydrogens is 504 g/mol. The van der Waals surface area contributed by atoms with Gasteiger partial charge in [-0.2, -0.15) is 0 Å². The Morgan fingerprint density at radius 2 is 1.85 bits per heavy atom. The molecule has 11 atom stereocenters. The van der Waals surface area contributed by atoms with E-state index in [-0.39, 0.29) is 77.1 Å². The zero-order chi connectivity index (χ0) is 29.8. The zero-order valence-corrected chi connectivity index (χ0v) is 26.4. The molecule has 4 rings (SSSR count). The highest BCUT2D eigenvalue weighted by Gasteiger charge is 2.68. The van der Waals surface area contributed by atoms with Gasteiger partial charge in [-0.3, -0.25) is 14.4 Å². The maximum absolute atomic E-state index is 14.1. The Hall–Kier alpha value is -1.73. The predicted molar refractivity (Wildman–Crippen MR) is 156 cm³/mol. The molecule has 226 valence electrons. The van der Waals surface area contributed by atoms with Gasteiger partial charge >= 0.3 is 5.97 Å². The van der Waals surface area contributed by atoms with Crippen LogP contribution in [0.4, 0.5) is 0 Å². The SMILES string of the molecule is CC[C@H](C)C(=O)N[C@H]1CC=C2C[C@H]3C(=O)C[C@]4(C)[C@@H]([C@H](C)N(C)C)[C@H](OC(C)=O)C[C@@]4(C)[C@@H]3CC[C@H]2[C@]1(C)CO. The summed E-state index contributed by atoms with van der Waals surface area (Å²) < 4.78 is 6.03. The van der Waals surface area contributed by atoms with Crippen molar-refractivity contribution < 1.29 is 24.2 Å². The van der Waals surface area contributed by atoms with E-state index in [4.69, 9.17) is 4.74 Å². The van der Waals surface area contributed by atoms with E-state index in [2.05, 4.69) is 58.1 Å². The Labute approximate surface area is 241 Å². The van der Waals surface area contributed by atoms with Crippen LogP contribution in [0.2, 0.25) is 0 Å². The maximum Gasteiger partial charge on any atom is 0.302 e. The summed E-state index contributed by atoms with van der Waals surface area (Å²) in [6, 6.07) is 0.0266. The summed E-state index contributed by atoms with van der Waals surface area (Å²) in [5, 5.41) is 14.1. The van der Waals surface area contributed by atoms with Crippen LogP contribution in [-0.2, 0) is 19.1 Å². The number of fused-ring (bicyclic) bond motifs is 4. The Kier molecular flexibility index (Phi) is 8.71. The molecule has 0 aliphatic heterocycles. The quantitative estimate of drug-likeness (QED) is 0.345. The minimum Gasteiger partial charge on any atom is -0.462 e. The number of carbonyl (C=O) groups is 3. The molecule has 40 heavy (non-hydrogen) atoms. The summed E-state index contributed by atoms with van der Waals surface area (Å²) in [6.07, 6.45) is 7.29. The number of nitrogens with one attached hydrogen (secondary N) is 1. The molecule has 0 aromatic heterocycles. The van der Waals surface area contributed by atoms with Crippen molar-refractivity contribution >= 4 is 17.7 Å². The zero-order valence-electron chi connectivity index (χ0n) is 26.4. The van der Waals surface area contributed by atoms with Crippen LogP contribution in [0.15, 0.2) is 11.6 Å². The van der Waals surface area contributed by atoms with Crippen molar-refractivity contribution in [3.63, 3.8) is 0 Å². The molecule has 1 amide bonds. The van der Waals surface area contributed by atoms with E-state index in [1.807, 2.05) is 13.8 Å². The third kappa shape index (κ3) is 4.87. The van der Waals surface area contributed by atoms with Crippen LogP contribution in [0, 0.1) is 45.8 Å². The van der Waals surface area contributed by atoms with Gasteiger partial charge in [0.15, 0.2) is 0 Å². The molecule has 3 saturated carbocycles.